The highest BCUT2D eigenvalue weighted by molar-refractivity contribution is 6.32. The Bertz CT molecular complexity index is 1060. The summed E-state index contributed by atoms with van der Waals surface area (Å²) in [7, 11) is 1.51. The van der Waals surface area contributed by atoms with E-state index < -0.39 is 6.09 Å². The molecule has 0 saturated heterocycles. The number of methoxy groups -OCH3 is 1. The molecule has 3 rings (SSSR count). The number of carbonyl (C=O) groups is 1. The Morgan fingerprint density at radius 3 is 2.67 bits per heavy atom. The van der Waals surface area contributed by atoms with Gasteiger partial charge >= 0.3 is 6.09 Å². The molecule has 0 bridgehead atoms. The lowest BCUT2D eigenvalue weighted by Gasteiger charge is -2.16. The van der Waals surface area contributed by atoms with Gasteiger partial charge in [-0.2, -0.15) is 0 Å². The van der Waals surface area contributed by atoms with Crippen LogP contribution in [0, 0.1) is 0 Å². The Kier molecular flexibility index (Phi) is 5.23. The van der Waals surface area contributed by atoms with Gasteiger partial charge in [-0.1, -0.05) is 17.7 Å². The molecular formula is C19H18ClN3O4. The number of hydrogen-bond donors (Lipinski definition) is 4. The molecule has 0 aliphatic carbocycles. The number of rotatable bonds is 5. The summed E-state index contributed by atoms with van der Waals surface area (Å²) in [5.74, 6) is 0.487. The molecule has 3 aromatic rings. The van der Waals surface area contributed by atoms with Crippen LogP contribution in [-0.2, 0) is 0 Å². The quantitative estimate of drug-likeness (QED) is 0.517. The normalized spacial score (nSPS) is 11.8. The first-order valence-corrected chi connectivity index (χ1v) is 8.52. The fourth-order valence-electron chi connectivity index (χ4n) is 2.84. The van der Waals surface area contributed by atoms with Gasteiger partial charge in [0.15, 0.2) is 0 Å². The van der Waals surface area contributed by atoms with E-state index in [1.165, 1.54) is 7.11 Å². The van der Waals surface area contributed by atoms with Crippen LogP contribution >= 0.6 is 11.6 Å². The molecule has 1 aromatic heterocycles. The van der Waals surface area contributed by atoms with Crippen molar-refractivity contribution in [3.63, 3.8) is 0 Å². The molecule has 1 amide bonds. The Morgan fingerprint density at radius 2 is 1.96 bits per heavy atom. The number of ether oxygens (including phenoxy) is 1. The van der Waals surface area contributed by atoms with E-state index in [4.69, 9.17) is 21.4 Å². The molecule has 0 aliphatic heterocycles. The smallest absolute Gasteiger partial charge is 0.409 e. The highest BCUT2D eigenvalue weighted by Gasteiger charge is 2.13. The van der Waals surface area contributed by atoms with Crippen LogP contribution in [0.4, 0.5) is 16.2 Å². The van der Waals surface area contributed by atoms with Crippen LogP contribution in [0.5, 0.6) is 5.75 Å². The van der Waals surface area contributed by atoms with Gasteiger partial charge in [0, 0.05) is 28.4 Å². The summed E-state index contributed by atoms with van der Waals surface area (Å²) in [6.45, 7) is 1.85. The predicted octanol–water partition coefficient (Wildman–Crippen LogP) is 4.45. The number of nitrogens with one attached hydrogen (secondary N) is 3. The molecule has 7 nitrogen and oxygen atoms in total. The molecule has 1 atom stereocenters. The second kappa shape index (κ2) is 7.59. The van der Waals surface area contributed by atoms with Crippen molar-refractivity contribution in [1.29, 1.82) is 0 Å². The van der Waals surface area contributed by atoms with E-state index >= 15 is 0 Å². The Morgan fingerprint density at radius 1 is 1.22 bits per heavy atom. The van der Waals surface area contributed by atoms with Crippen molar-refractivity contribution in [2.75, 3.05) is 17.7 Å². The number of fused-ring (bicyclic) bond motifs is 1. The summed E-state index contributed by atoms with van der Waals surface area (Å²) < 4.78 is 5.17. The molecule has 8 heteroatoms. The molecule has 0 spiro atoms. The van der Waals surface area contributed by atoms with Crippen molar-refractivity contribution in [1.82, 2.24) is 4.98 Å². The number of hydrogen-bond acceptors (Lipinski definition) is 4. The topological polar surface area (TPSA) is 103 Å². The number of halogens is 1. The van der Waals surface area contributed by atoms with Gasteiger partial charge in [0.1, 0.15) is 5.75 Å². The van der Waals surface area contributed by atoms with E-state index in [0.29, 0.717) is 33.2 Å². The average Bonchev–Trinajstić information content (AvgIpc) is 2.60. The zero-order chi connectivity index (χ0) is 19.6. The first-order chi connectivity index (χ1) is 12.9. The second-order valence-electron chi connectivity index (χ2n) is 6.00. The Hall–Kier alpha value is -3.19. The first kappa shape index (κ1) is 18.6. The maximum atomic E-state index is 12.5. The third-order valence-electron chi connectivity index (χ3n) is 4.11. The summed E-state index contributed by atoms with van der Waals surface area (Å²) >= 11 is 6.18. The molecule has 0 fully saturated rings. The van der Waals surface area contributed by atoms with E-state index in [-0.39, 0.29) is 11.6 Å². The van der Waals surface area contributed by atoms with Crippen LogP contribution in [0.15, 0.2) is 47.3 Å². The van der Waals surface area contributed by atoms with E-state index in [1.807, 2.05) is 6.92 Å². The number of aromatic nitrogens is 1. The van der Waals surface area contributed by atoms with Gasteiger partial charge in [-0.25, -0.2) is 4.79 Å². The number of H-pyrrole nitrogens is 1. The molecule has 2 aromatic carbocycles. The van der Waals surface area contributed by atoms with Crippen LogP contribution in [0.2, 0.25) is 5.02 Å². The largest absolute Gasteiger partial charge is 0.495 e. The van der Waals surface area contributed by atoms with Gasteiger partial charge in [-0.05, 0) is 37.3 Å². The van der Waals surface area contributed by atoms with Gasteiger partial charge in [0.2, 0.25) is 0 Å². The van der Waals surface area contributed by atoms with Gasteiger partial charge in [-0.3, -0.25) is 10.1 Å². The van der Waals surface area contributed by atoms with Crippen molar-refractivity contribution < 1.29 is 14.6 Å². The summed E-state index contributed by atoms with van der Waals surface area (Å²) in [6.07, 6.45) is -1.14. The first-order valence-electron chi connectivity index (χ1n) is 8.14. The number of anilines is 2. The molecule has 4 N–H and O–H groups in total. The summed E-state index contributed by atoms with van der Waals surface area (Å²) in [5, 5.41) is 15.6. The summed E-state index contributed by atoms with van der Waals surface area (Å²) in [6, 6.07) is 11.7. The number of amides is 1. The van der Waals surface area contributed by atoms with Gasteiger partial charge in [0.25, 0.3) is 5.56 Å². The zero-order valence-electron chi connectivity index (χ0n) is 14.7. The number of pyridine rings is 1. The maximum absolute atomic E-state index is 12.5. The minimum Gasteiger partial charge on any atom is -0.495 e. The van der Waals surface area contributed by atoms with Crippen LogP contribution in [-0.4, -0.2) is 23.3 Å². The fraction of sp³-hybridized carbons (Fsp3) is 0.158. The molecule has 27 heavy (non-hydrogen) atoms. The molecule has 0 aliphatic rings. The van der Waals surface area contributed by atoms with Crippen LogP contribution in [0.1, 0.15) is 18.5 Å². The lowest BCUT2D eigenvalue weighted by Crippen LogP contribution is -2.19. The van der Waals surface area contributed by atoms with Crippen LogP contribution in [0.3, 0.4) is 0 Å². The molecule has 140 valence electrons. The highest BCUT2D eigenvalue weighted by atomic mass is 35.5. The third kappa shape index (κ3) is 4.15. The van der Waals surface area contributed by atoms with Crippen molar-refractivity contribution in [3.05, 3.63) is 63.4 Å². The van der Waals surface area contributed by atoms with Crippen LogP contribution < -0.4 is 20.9 Å². The number of carboxylic acid groups (broad SMARTS) is 1. The fourth-order valence-corrected chi connectivity index (χ4v) is 3.09. The third-order valence-corrected chi connectivity index (χ3v) is 4.40. The van der Waals surface area contributed by atoms with E-state index in [9.17, 15) is 9.59 Å². The van der Waals surface area contributed by atoms with Crippen LogP contribution in [0.25, 0.3) is 10.9 Å². The predicted molar refractivity (Wildman–Crippen MR) is 106 cm³/mol. The van der Waals surface area contributed by atoms with Crippen molar-refractivity contribution >= 4 is 40.0 Å². The van der Waals surface area contributed by atoms with Crippen molar-refractivity contribution in [3.8, 4) is 5.75 Å². The zero-order valence-corrected chi connectivity index (χ0v) is 15.4. The second-order valence-corrected chi connectivity index (χ2v) is 6.41. The maximum Gasteiger partial charge on any atom is 0.409 e. The highest BCUT2D eigenvalue weighted by Crippen LogP contribution is 2.29. The standard InChI is InChI=1S/C19H18ClN3O4/c1-10(21-12-4-3-5-13(8-12)22-19(25)26)14-6-11-7-15(20)17(27-2)9-16(11)23-18(14)24/h3-10,21-22H,1-2H3,(H,23,24)(H,25,26). The van der Waals surface area contributed by atoms with Gasteiger partial charge < -0.3 is 20.1 Å². The molecular weight excluding hydrogens is 370 g/mol. The SMILES string of the molecule is COc1cc2[nH]c(=O)c(C(C)Nc3cccc(NC(=O)O)c3)cc2cc1Cl. The summed E-state index contributed by atoms with van der Waals surface area (Å²) in [4.78, 5) is 26.1. The van der Waals surface area contributed by atoms with Gasteiger partial charge in [-0.15, -0.1) is 0 Å². The minimum atomic E-state index is -1.14. The number of aromatic amines is 1. The van der Waals surface area contributed by atoms with Crippen molar-refractivity contribution in [2.45, 2.75) is 13.0 Å². The average molecular weight is 388 g/mol. The Balaban J connectivity index is 1.91. The van der Waals surface area contributed by atoms with E-state index in [1.54, 1.807) is 42.5 Å². The molecule has 1 unspecified atom stereocenters. The minimum absolute atomic E-state index is 0.230. The molecule has 1 heterocycles. The lowest BCUT2D eigenvalue weighted by molar-refractivity contribution is 0.210. The lowest BCUT2D eigenvalue weighted by atomic mass is 10.1. The Labute approximate surface area is 159 Å². The van der Waals surface area contributed by atoms with E-state index in [2.05, 4.69) is 15.6 Å². The molecule has 0 saturated carbocycles. The monoisotopic (exact) mass is 387 g/mol. The number of benzene rings is 2. The summed E-state index contributed by atoms with van der Waals surface area (Å²) in [5.41, 5.74) is 2.05. The molecule has 0 radical (unpaired) electrons. The van der Waals surface area contributed by atoms with E-state index in [0.717, 1.165) is 5.39 Å². The van der Waals surface area contributed by atoms with Crippen molar-refractivity contribution in [2.24, 2.45) is 0 Å². The van der Waals surface area contributed by atoms with Gasteiger partial charge in [0.05, 0.1) is 23.7 Å².